The van der Waals surface area contributed by atoms with Crippen molar-refractivity contribution in [2.75, 3.05) is 45.2 Å². The van der Waals surface area contributed by atoms with Gasteiger partial charge in [-0.2, -0.15) is 0 Å². The molecule has 1 saturated heterocycles. The zero-order valence-corrected chi connectivity index (χ0v) is 41.6. The molecule has 0 atom stereocenters. The number of piperazine rings is 1. The topological polar surface area (TPSA) is 172 Å². The van der Waals surface area contributed by atoms with Crippen molar-refractivity contribution in [3.05, 3.63) is 195 Å². The van der Waals surface area contributed by atoms with E-state index in [1.54, 1.807) is 13.2 Å². The zero-order chi connectivity index (χ0) is 50.4. The summed E-state index contributed by atoms with van der Waals surface area (Å²) in [5.74, 6) is 0.547. The van der Waals surface area contributed by atoms with E-state index in [1.807, 2.05) is 138 Å². The molecule has 0 unspecified atom stereocenters. The number of aryl methyl sites for hydroxylation is 1. The third-order valence-corrected chi connectivity index (χ3v) is 13.9. The lowest BCUT2D eigenvalue weighted by atomic mass is 9.93. The maximum Gasteiger partial charge on any atom is 0.254 e. The zero-order valence-electron chi connectivity index (χ0n) is 40.8. The molecular formula is C58H57N7O6S. The normalized spacial score (nSPS) is 12.8. The number of benzene rings is 6. The van der Waals surface area contributed by atoms with Crippen molar-refractivity contribution in [2.45, 2.75) is 55.5 Å². The van der Waals surface area contributed by atoms with Gasteiger partial charge in [-0.3, -0.25) is 24.2 Å². The molecule has 1 aliphatic heterocycles. The minimum Gasteiger partial charge on any atom is -0.497 e. The van der Waals surface area contributed by atoms with Crippen LogP contribution in [0.15, 0.2) is 160 Å². The molecule has 72 heavy (non-hydrogen) atoms. The highest BCUT2D eigenvalue weighted by Crippen LogP contribution is 2.37. The highest BCUT2D eigenvalue weighted by atomic mass is 32.2. The smallest absolute Gasteiger partial charge is 0.254 e. The second-order valence-electron chi connectivity index (χ2n) is 18.7. The van der Waals surface area contributed by atoms with Gasteiger partial charge in [0.25, 0.3) is 17.7 Å². The molecule has 0 bridgehead atoms. The van der Waals surface area contributed by atoms with Crippen LogP contribution in [-0.2, 0) is 19.4 Å². The van der Waals surface area contributed by atoms with Crippen LogP contribution in [0.25, 0.3) is 21.8 Å². The summed E-state index contributed by atoms with van der Waals surface area (Å²) < 4.78 is 11.6. The average Bonchev–Trinajstić information content (AvgIpc) is 3.38. The third-order valence-electron chi connectivity index (χ3n) is 12.9. The Bertz CT molecular complexity index is 3370. The number of carbonyl (C=O) groups is 3. The second kappa shape index (κ2) is 21.6. The molecule has 14 heteroatoms. The van der Waals surface area contributed by atoms with Crippen LogP contribution in [0.5, 0.6) is 11.5 Å². The molecule has 0 spiro atoms. The Hall–Kier alpha value is -7.94. The minimum atomic E-state index is -0.603. The fourth-order valence-corrected chi connectivity index (χ4v) is 10.3. The van der Waals surface area contributed by atoms with Crippen LogP contribution in [0, 0.1) is 6.92 Å². The van der Waals surface area contributed by atoms with Gasteiger partial charge in [-0.1, -0.05) is 72.4 Å². The predicted molar refractivity (Wildman–Crippen MR) is 285 cm³/mol. The van der Waals surface area contributed by atoms with Crippen molar-refractivity contribution in [2.24, 2.45) is 5.73 Å². The van der Waals surface area contributed by atoms with Gasteiger partial charge in [-0.25, -0.2) is 0 Å². The quantitative estimate of drug-likeness (QED) is 0.0689. The monoisotopic (exact) mass is 979 g/mol. The number of pyridine rings is 2. The summed E-state index contributed by atoms with van der Waals surface area (Å²) in [5, 5.41) is 8.78. The molecule has 6 aromatic carbocycles. The van der Waals surface area contributed by atoms with Gasteiger partial charge < -0.3 is 40.6 Å². The average molecular weight is 980 g/mol. The molecule has 3 heterocycles. The molecular weight excluding hydrogens is 923 g/mol. The van der Waals surface area contributed by atoms with E-state index in [-0.39, 0.29) is 28.5 Å². The van der Waals surface area contributed by atoms with Crippen molar-refractivity contribution in [1.29, 1.82) is 0 Å². The van der Waals surface area contributed by atoms with Gasteiger partial charge in [-0.15, -0.1) is 0 Å². The standard InChI is InChI=1S/C58H57N7O6S/c1-37-29-46(33-48-52(37)60-35-49(55(59)67)53(48)62-43-16-10-17-44(32-43)70-4)72-45-18-9-15-42(31-45)57(69)65-27-25-64(26-28-65)56(68)41-14-8-13-39(30-41)34-58(2,3)61-24-23-40-19-21-50(54-47(40)20-22-51(66)63-54)71-36-38-11-6-5-7-12-38/h5-22,29-33,35,61H,23-28,34,36H2,1-4H3,(H2,59,67)(H,60,62)(H,63,66). The number of H-pyrrole nitrogens is 1. The van der Waals surface area contributed by atoms with E-state index in [0.717, 1.165) is 60.4 Å². The number of nitrogens with zero attached hydrogens (tertiary/aromatic N) is 3. The first-order valence-corrected chi connectivity index (χ1v) is 24.8. The van der Waals surface area contributed by atoms with Gasteiger partial charge >= 0.3 is 0 Å². The summed E-state index contributed by atoms with van der Waals surface area (Å²) >= 11 is 1.51. The van der Waals surface area contributed by atoms with Gasteiger partial charge in [0, 0.05) is 87.4 Å². The number of primary amides is 1. The van der Waals surface area contributed by atoms with Gasteiger partial charge in [0.05, 0.1) is 29.4 Å². The first-order valence-electron chi connectivity index (χ1n) is 24.0. The number of ether oxygens (including phenoxy) is 2. The molecule has 0 saturated carbocycles. The van der Waals surface area contributed by atoms with Gasteiger partial charge in [0.1, 0.15) is 18.1 Å². The van der Waals surface area contributed by atoms with Crippen molar-refractivity contribution < 1.29 is 23.9 Å². The highest BCUT2D eigenvalue weighted by molar-refractivity contribution is 7.99. The molecule has 5 N–H and O–H groups in total. The predicted octanol–water partition coefficient (Wildman–Crippen LogP) is 9.72. The van der Waals surface area contributed by atoms with Crippen molar-refractivity contribution in [1.82, 2.24) is 25.1 Å². The Labute approximate surface area is 422 Å². The van der Waals surface area contributed by atoms with Crippen LogP contribution in [0.1, 0.15) is 67.2 Å². The van der Waals surface area contributed by atoms with Crippen LogP contribution < -0.4 is 31.4 Å². The summed E-state index contributed by atoms with van der Waals surface area (Å²) in [6.45, 7) is 9.05. The van der Waals surface area contributed by atoms with E-state index in [9.17, 15) is 19.2 Å². The number of amides is 3. The minimum absolute atomic E-state index is 0.0556. The Morgan fingerprint density at radius 1 is 0.764 bits per heavy atom. The van der Waals surface area contributed by atoms with Gasteiger partial charge in [0.15, 0.2) is 0 Å². The number of hydrogen-bond donors (Lipinski definition) is 4. The Balaban J connectivity index is 0.800. The number of rotatable bonds is 17. The third kappa shape index (κ3) is 11.5. The molecule has 0 radical (unpaired) electrons. The molecule has 1 aliphatic rings. The van der Waals surface area contributed by atoms with E-state index in [1.165, 1.54) is 18.0 Å². The molecule has 8 aromatic rings. The molecule has 3 amide bonds. The Morgan fingerprint density at radius 2 is 1.47 bits per heavy atom. The van der Waals surface area contributed by atoms with Crippen LogP contribution >= 0.6 is 11.8 Å². The van der Waals surface area contributed by atoms with Crippen LogP contribution in [0.4, 0.5) is 11.4 Å². The summed E-state index contributed by atoms with van der Waals surface area (Å²) in [6, 6.07) is 44.2. The molecule has 13 nitrogen and oxygen atoms in total. The molecule has 0 aliphatic carbocycles. The summed E-state index contributed by atoms with van der Waals surface area (Å²) in [4.78, 5) is 65.8. The number of anilines is 2. The lowest BCUT2D eigenvalue weighted by molar-refractivity contribution is 0.0535. The number of fused-ring (bicyclic) bond motifs is 2. The molecule has 1 fully saturated rings. The maximum atomic E-state index is 14.0. The number of hydrogen-bond acceptors (Lipinski definition) is 10. The summed E-state index contributed by atoms with van der Waals surface area (Å²) in [6.07, 6.45) is 2.93. The van der Waals surface area contributed by atoms with Gasteiger partial charge in [-0.05, 0) is 129 Å². The number of aromatic amines is 1. The maximum absolute atomic E-state index is 14.0. The summed E-state index contributed by atoms with van der Waals surface area (Å²) in [7, 11) is 1.60. The van der Waals surface area contributed by atoms with E-state index in [2.05, 4.69) is 46.6 Å². The van der Waals surface area contributed by atoms with Gasteiger partial charge in [0.2, 0.25) is 5.56 Å². The number of nitrogens with one attached hydrogen (secondary N) is 3. The highest BCUT2D eigenvalue weighted by Gasteiger charge is 2.27. The largest absolute Gasteiger partial charge is 0.497 e. The number of nitrogens with two attached hydrogens (primary N) is 1. The number of aromatic nitrogens is 2. The van der Waals surface area contributed by atoms with E-state index < -0.39 is 5.91 Å². The van der Waals surface area contributed by atoms with E-state index in [0.29, 0.717) is 79.6 Å². The van der Waals surface area contributed by atoms with Crippen molar-refractivity contribution in [3.8, 4) is 11.5 Å². The fourth-order valence-electron chi connectivity index (χ4n) is 9.26. The van der Waals surface area contributed by atoms with Crippen LogP contribution in [0.3, 0.4) is 0 Å². The molecule has 2 aromatic heterocycles. The number of carbonyl (C=O) groups excluding carboxylic acids is 3. The second-order valence-corrected chi connectivity index (χ2v) is 19.8. The molecule has 9 rings (SSSR count). The van der Waals surface area contributed by atoms with E-state index >= 15 is 0 Å². The fraction of sp³-hybridized carbons (Fsp3) is 0.224. The van der Waals surface area contributed by atoms with Crippen molar-refractivity contribution >= 4 is 62.7 Å². The van der Waals surface area contributed by atoms with Crippen LogP contribution in [0.2, 0.25) is 0 Å². The lowest BCUT2D eigenvalue weighted by Gasteiger charge is -2.35. The van der Waals surface area contributed by atoms with Crippen LogP contribution in [-0.4, -0.2) is 82.9 Å². The first kappa shape index (κ1) is 49.1. The first-order chi connectivity index (χ1) is 34.8. The molecule has 366 valence electrons. The SMILES string of the molecule is COc1cccc(Nc2c(C(N)=O)cnc3c(C)cc(Sc4cccc(C(=O)N5CCN(C(=O)c6cccc(CC(C)(C)NCCc7ccc(OCc8ccccc8)c8[nH]c(=O)ccc78)c6)CC5)c4)cc23)c1. The number of methoxy groups -OCH3 is 1. The summed E-state index contributed by atoms with van der Waals surface area (Å²) in [5.41, 5.74) is 13.6. The Kier molecular flexibility index (Phi) is 14.7. The van der Waals surface area contributed by atoms with Crippen molar-refractivity contribution in [3.63, 3.8) is 0 Å². The van der Waals surface area contributed by atoms with E-state index in [4.69, 9.17) is 15.2 Å². The Morgan fingerprint density at radius 3 is 2.21 bits per heavy atom. The lowest BCUT2D eigenvalue weighted by Crippen LogP contribution is -2.50.